The highest BCUT2D eigenvalue weighted by Gasteiger charge is 1.98. The summed E-state index contributed by atoms with van der Waals surface area (Å²) in [6.07, 6.45) is 2.09. The minimum Gasteiger partial charge on any atom is -0.453 e. The molecule has 2 nitrogen and oxygen atoms in total. The molecule has 13 heavy (non-hydrogen) atoms. The van der Waals surface area contributed by atoms with Crippen LogP contribution in [0.25, 0.3) is 0 Å². The van der Waals surface area contributed by atoms with Crippen molar-refractivity contribution in [3.8, 4) is 11.8 Å². The average molecular weight is 201 g/mol. The third kappa shape index (κ3) is 8.97. The SMILES string of the molecule is CC(Cl)=CCC#CC(=O)OC(C)C. The van der Waals surface area contributed by atoms with Gasteiger partial charge >= 0.3 is 5.97 Å². The second-order valence-electron chi connectivity index (χ2n) is 2.75. The van der Waals surface area contributed by atoms with Gasteiger partial charge in [0.1, 0.15) is 0 Å². The van der Waals surface area contributed by atoms with Crippen LogP contribution in [0.3, 0.4) is 0 Å². The van der Waals surface area contributed by atoms with Crippen molar-refractivity contribution < 1.29 is 9.53 Å². The lowest BCUT2D eigenvalue weighted by Gasteiger charge is -2.01. The molecule has 0 spiro atoms. The Kier molecular flexibility index (Phi) is 6.09. The maximum Gasteiger partial charge on any atom is 0.384 e. The first kappa shape index (κ1) is 12.1. The number of halogens is 1. The number of ether oxygens (including phenoxy) is 1. The van der Waals surface area contributed by atoms with Crippen molar-refractivity contribution >= 4 is 17.6 Å². The van der Waals surface area contributed by atoms with Gasteiger partial charge in [-0.05, 0) is 20.8 Å². The fourth-order valence-electron chi connectivity index (χ4n) is 0.558. The predicted molar refractivity (Wildman–Crippen MR) is 53.2 cm³/mol. The van der Waals surface area contributed by atoms with Crippen LogP contribution in [0.5, 0.6) is 0 Å². The van der Waals surface area contributed by atoms with Crippen LogP contribution in [-0.2, 0) is 9.53 Å². The zero-order chi connectivity index (χ0) is 10.3. The molecule has 0 bridgehead atoms. The summed E-state index contributed by atoms with van der Waals surface area (Å²) >= 11 is 5.55. The van der Waals surface area contributed by atoms with E-state index < -0.39 is 5.97 Å². The first-order valence-corrected chi connectivity index (χ1v) is 4.42. The van der Waals surface area contributed by atoms with Crippen molar-refractivity contribution in [3.05, 3.63) is 11.1 Å². The first-order valence-electron chi connectivity index (χ1n) is 4.04. The van der Waals surface area contributed by atoms with E-state index in [1.165, 1.54) is 0 Å². The van der Waals surface area contributed by atoms with Crippen LogP contribution in [0, 0.1) is 11.8 Å². The molecule has 0 amide bonds. The van der Waals surface area contributed by atoms with E-state index in [1.807, 2.05) is 0 Å². The van der Waals surface area contributed by atoms with Crippen molar-refractivity contribution in [1.29, 1.82) is 0 Å². The molecule has 0 aliphatic rings. The van der Waals surface area contributed by atoms with Crippen molar-refractivity contribution in [1.82, 2.24) is 0 Å². The molecule has 0 aliphatic carbocycles. The molecule has 0 aliphatic heterocycles. The molecule has 0 unspecified atom stereocenters. The Labute approximate surface area is 83.9 Å². The Hall–Kier alpha value is -0.940. The molecule has 0 fully saturated rings. The molecule has 0 saturated carbocycles. The summed E-state index contributed by atoms with van der Waals surface area (Å²) in [5.74, 6) is 4.50. The zero-order valence-electron chi connectivity index (χ0n) is 8.06. The third-order valence-electron chi connectivity index (χ3n) is 1.02. The highest BCUT2D eigenvalue weighted by Crippen LogP contribution is 1.98. The topological polar surface area (TPSA) is 26.3 Å². The molecule has 0 N–H and O–H groups in total. The molecule has 0 aromatic rings. The third-order valence-corrected chi connectivity index (χ3v) is 1.17. The molecular formula is C10H13ClO2. The average Bonchev–Trinajstić information content (AvgIpc) is 1.96. The number of rotatable bonds is 2. The maximum absolute atomic E-state index is 10.8. The van der Waals surface area contributed by atoms with Crippen LogP contribution in [-0.4, -0.2) is 12.1 Å². The van der Waals surface area contributed by atoms with Gasteiger partial charge in [0, 0.05) is 17.4 Å². The molecule has 0 atom stereocenters. The van der Waals surface area contributed by atoms with Gasteiger partial charge in [-0.3, -0.25) is 0 Å². The van der Waals surface area contributed by atoms with E-state index in [1.54, 1.807) is 26.8 Å². The molecule has 0 aromatic carbocycles. The lowest BCUT2D eigenvalue weighted by Crippen LogP contribution is -2.08. The van der Waals surface area contributed by atoms with Crippen molar-refractivity contribution in [2.45, 2.75) is 33.3 Å². The van der Waals surface area contributed by atoms with E-state index in [-0.39, 0.29) is 6.10 Å². The van der Waals surface area contributed by atoms with Crippen molar-refractivity contribution in [3.63, 3.8) is 0 Å². The summed E-state index contributed by atoms with van der Waals surface area (Å²) in [6, 6.07) is 0. The summed E-state index contributed by atoms with van der Waals surface area (Å²) in [6.45, 7) is 5.32. The lowest BCUT2D eigenvalue weighted by atomic mass is 10.4. The molecular weight excluding hydrogens is 188 g/mol. The van der Waals surface area contributed by atoms with Gasteiger partial charge in [0.15, 0.2) is 0 Å². The molecule has 0 saturated heterocycles. The minimum absolute atomic E-state index is 0.118. The number of esters is 1. The van der Waals surface area contributed by atoms with Gasteiger partial charge in [-0.25, -0.2) is 4.79 Å². The summed E-state index contributed by atoms with van der Waals surface area (Å²) in [5, 5.41) is 0.673. The Balaban J connectivity index is 3.83. The monoisotopic (exact) mass is 200 g/mol. The highest BCUT2D eigenvalue weighted by atomic mass is 35.5. The Morgan fingerprint density at radius 1 is 1.62 bits per heavy atom. The number of hydrogen-bond donors (Lipinski definition) is 0. The number of carbonyl (C=O) groups excluding carboxylic acids is 1. The van der Waals surface area contributed by atoms with Gasteiger partial charge in [0.2, 0.25) is 0 Å². The molecule has 0 heterocycles. The Morgan fingerprint density at radius 3 is 2.69 bits per heavy atom. The van der Waals surface area contributed by atoms with E-state index in [2.05, 4.69) is 11.8 Å². The summed E-state index contributed by atoms with van der Waals surface area (Å²) in [4.78, 5) is 10.8. The molecule has 3 heteroatoms. The van der Waals surface area contributed by atoms with Gasteiger partial charge in [-0.15, -0.1) is 0 Å². The molecule has 72 valence electrons. The van der Waals surface area contributed by atoms with Gasteiger partial charge < -0.3 is 4.74 Å². The van der Waals surface area contributed by atoms with Crippen LogP contribution in [0.15, 0.2) is 11.1 Å². The minimum atomic E-state index is -0.490. The van der Waals surface area contributed by atoms with E-state index in [0.29, 0.717) is 11.5 Å². The fourth-order valence-corrected chi connectivity index (χ4v) is 0.636. The van der Waals surface area contributed by atoms with Crippen molar-refractivity contribution in [2.75, 3.05) is 0 Å². The standard InChI is InChI=1S/C10H13ClO2/c1-8(2)13-10(12)7-5-4-6-9(3)11/h6,8H,4H2,1-3H3. The van der Waals surface area contributed by atoms with Crippen LogP contribution >= 0.6 is 11.6 Å². The van der Waals surface area contributed by atoms with E-state index >= 15 is 0 Å². The van der Waals surface area contributed by atoms with Gasteiger partial charge in [-0.1, -0.05) is 23.6 Å². The van der Waals surface area contributed by atoms with Crippen LogP contribution in [0.2, 0.25) is 0 Å². The second-order valence-corrected chi connectivity index (χ2v) is 3.35. The normalized spacial score (nSPS) is 10.7. The summed E-state index contributed by atoms with van der Waals surface area (Å²) in [5.41, 5.74) is 0. The maximum atomic E-state index is 10.8. The number of allylic oxidation sites excluding steroid dienone is 2. The van der Waals surface area contributed by atoms with Gasteiger partial charge in [-0.2, -0.15) is 0 Å². The van der Waals surface area contributed by atoms with E-state index in [0.717, 1.165) is 0 Å². The number of carbonyl (C=O) groups is 1. The van der Waals surface area contributed by atoms with Crippen LogP contribution in [0.4, 0.5) is 0 Å². The quantitative estimate of drug-likeness (QED) is 0.389. The lowest BCUT2D eigenvalue weighted by molar-refractivity contribution is -0.140. The van der Waals surface area contributed by atoms with Gasteiger partial charge in [0.05, 0.1) is 6.10 Å². The largest absolute Gasteiger partial charge is 0.453 e. The first-order chi connectivity index (χ1) is 6.02. The predicted octanol–water partition coefficient (Wildman–Crippen LogP) is 2.47. The van der Waals surface area contributed by atoms with Crippen LogP contribution < -0.4 is 0 Å². The fraction of sp³-hybridized carbons (Fsp3) is 0.500. The van der Waals surface area contributed by atoms with E-state index in [4.69, 9.17) is 16.3 Å². The van der Waals surface area contributed by atoms with Crippen molar-refractivity contribution in [2.24, 2.45) is 0 Å². The van der Waals surface area contributed by atoms with E-state index in [9.17, 15) is 4.79 Å². The summed E-state index contributed by atoms with van der Waals surface area (Å²) in [7, 11) is 0. The molecule has 0 rings (SSSR count). The molecule has 0 aromatic heterocycles. The van der Waals surface area contributed by atoms with Gasteiger partial charge in [0.25, 0.3) is 0 Å². The summed E-state index contributed by atoms with van der Waals surface area (Å²) < 4.78 is 4.79. The Morgan fingerprint density at radius 2 is 2.23 bits per heavy atom. The highest BCUT2D eigenvalue weighted by molar-refractivity contribution is 6.29. The second kappa shape index (κ2) is 6.56. The smallest absolute Gasteiger partial charge is 0.384 e. The van der Waals surface area contributed by atoms with Crippen LogP contribution in [0.1, 0.15) is 27.2 Å². The Bertz CT molecular complexity index is 252. The zero-order valence-corrected chi connectivity index (χ0v) is 8.81. The number of hydrogen-bond acceptors (Lipinski definition) is 2. The molecule has 0 radical (unpaired) electrons.